The van der Waals surface area contributed by atoms with Gasteiger partial charge in [-0.15, -0.1) is 0 Å². The smallest absolute Gasteiger partial charge is 0.149 e. The fraction of sp³-hybridized carbons (Fsp3) is 0.462. The number of Topliss-reactive ketones (excluding diaryl/α,β-unsaturated/α-hetero) is 1. The molecule has 0 saturated carbocycles. The van der Waals surface area contributed by atoms with E-state index >= 15 is 0 Å². The molecule has 1 atom stereocenters. The molecule has 0 aliphatic carbocycles. The summed E-state index contributed by atoms with van der Waals surface area (Å²) in [4.78, 5) is 13.9. The molecular formula is C13H17NO. The van der Waals surface area contributed by atoms with Crippen molar-refractivity contribution in [1.29, 1.82) is 0 Å². The van der Waals surface area contributed by atoms with Gasteiger partial charge in [0.2, 0.25) is 0 Å². The standard InChI is InChI=1S/C13H17NO/c1-3-13(15)10(2)14-8-11-6-4-5-7-12(11)9-14/h4-7,10H,3,8-9H2,1-2H3. The Hall–Kier alpha value is -1.15. The van der Waals surface area contributed by atoms with E-state index in [2.05, 4.69) is 29.2 Å². The number of carbonyl (C=O) groups excluding carboxylic acids is 1. The van der Waals surface area contributed by atoms with E-state index in [1.54, 1.807) is 0 Å². The molecule has 2 rings (SSSR count). The van der Waals surface area contributed by atoms with Gasteiger partial charge in [-0.05, 0) is 18.1 Å². The normalized spacial score (nSPS) is 17.5. The maximum Gasteiger partial charge on any atom is 0.149 e. The van der Waals surface area contributed by atoms with Crippen molar-refractivity contribution in [2.75, 3.05) is 0 Å². The van der Waals surface area contributed by atoms with E-state index in [1.165, 1.54) is 11.1 Å². The van der Waals surface area contributed by atoms with E-state index in [0.29, 0.717) is 12.2 Å². The van der Waals surface area contributed by atoms with Gasteiger partial charge in [-0.3, -0.25) is 9.69 Å². The molecule has 1 unspecified atom stereocenters. The van der Waals surface area contributed by atoms with Crippen LogP contribution in [0.25, 0.3) is 0 Å². The van der Waals surface area contributed by atoms with E-state index in [9.17, 15) is 4.79 Å². The van der Waals surface area contributed by atoms with Crippen LogP contribution in [0.3, 0.4) is 0 Å². The first kappa shape index (κ1) is 10.4. The Morgan fingerprint density at radius 2 is 1.87 bits per heavy atom. The van der Waals surface area contributed by atoms with Crippen LogP contribution >= 0.6 is 0 Å². The van der Waals surface area contributed by atoms with Crippen LogP contribution in [0.1, 0.15) is 31.4 Å². The maximum atomic E-state index is 11.6. The number of carbonyl (C=O) groups is 1. The van der Waals surface area contributed by atoms with Crippen molar-refractivity contribution in [3.8, 4) is 0 Å². The van der Waals surface area contributed by atoms with Gasteiger partial charge in [0.05, 0.1) is 6.04 Å². The highest BCUT2D eigenvalue weighted by Gasteiger charge is 2.25. The molecule has 1 aromatic carbocycles. The first-order valence-electron chi connectivity index (χ1n) is 5.56. The Balaban J connectivity index is 2.10. The first-order chi connectivity index (χ1) is 7.22. The average Bonchev–Trinajstić information content (AvgIpc) is 2.70. The van der Waals surface area contributed by atoms with Crippen LogP contribution in [0.4, 0.5) is 0 Å². The molecule has 1 aromatic rings. The Morgan fingerprint density at radius 3 is 2.33 bits per heavy atom. The molecule has 0 N–H and O–H groups in total. The molecule has 0 bridgehead atoms. The summed E-state index contributed by atoms with van der Waals surface area (Å²) in [5.41, 5.74) is 2.74. The van der Waals surface area contributed by atoms with Gasteiger partial charge >= 0.3 is 0 Å². The molecule has 0 fully saturated rings. The summed E-state index contributed by atoms with van der Waals surface area (Å²) >= 11 is 0. The lowest BCUT2D eigenvalue weighted by atomic mass is 10.1. The maximum absolute atomic E-state index is 11.6. The number of hydrogen-bond acceptors (Lipinski definition) is 2. The van der Waals surface area contributed by atoms with Crippen LogP contribution in [-0.4, -0.2) is 16.7 Å². The number of hydrogen-bond donors (Lipinski definition) is 0. The summed E-state index contributed by atoms with van der Waals surface area (Å²) < 4.78 is 0. The van der Waals surface area contributed by atoms with Gasteiger partial charge in [0.25, 0.3) is 0 Å². The molecule has 1 aliphatic heterocycles. The monoisotopic (exact) mass is 203 g/mol. The highest BCUT2D eigenvalue weighted by Crippen LogP contribution is 2.24. The van der Waals surface area contributed by atoms with Crippen LogP contribution in [0, 0.1) is 0 Å². The van der Waals surface area contributed by atoms with Crippen molar-refractivity contribution in [3.05, 3.63) is 35.4 Å². The highest BCUT2D eigenvalue weighted by molar-refractivity contribution is 5.83. The SMILES string of the molecule is CCC(=O)C(C)N1Cc2ccccc2C1. The minimum Gasteiger partial charge on any atom is -0.298 e. The number of nitrogens with zero attached hydrogens (tertiary/aromatic N) is 1. The van der Waals surface area contributed by atoms with Crippen molar-refractivity contribution in [1.82, 2.24) is 4.90 Å². The molecule has 0 saturated heterocycles. The van der Waals surface area contributed by atoms with Crippen molar-refractivity contribution in [2.24, 2.45) is 0 Å². The molecule has 0 spiro atoms. The Morgan fingerprint density at radius 1 is 1.33 bits per heavy atom. The Labute approximate surface area is 90.9 Å². The molecule has 0 radical (unpaired) electrons. The fourth-order valence-electron chi connectivity index (χ4n) is 2.13. The lowest BCUT2D eigenvalue weighted by Crippen LogP contribution is -2.34. The van der Waals surface area contributed by atoms with Crippen LogP contribution in [0.2, 0.25) is 0 Å². The summed E-state index contributed by atoms with van der Waals surface area (Å²) in [7, 11) is 0. The van der Waals surface area contributed by atoms with E-state index in [4.69, 9.17) is 0 Å². The lowest BCUT2D eigenvalue weighted by molar-refractivity contribution is -0.123. The highest BCUT2D eigenvalue weighted by atomic mass is 16.1. The quantitative estimate of drug-likeness (QED) is 0.751. The van der Waals surface area contributed by atoms with Crippen molar-refractivity contribution < 1.29 is 4.79 Å². The molecule has 1 aliphatic rings. The van der Waals surface area contributed by atoms with Gasteiger partial charge in [-0.25, -0.2) is 0 Å². The summed E-state index contributed by atoms with van der Waals surface area (Å²) in [6.45, 7) is 5.78. The van der Waals surface area contributed by atoms with Crippen LogP contribution < -0.4 is 0 Å². The third-order valence-electron chi connectivity index (χ3n) is 3.23. The molecule has 1 heterocycles. The summed E-state index contributed by atoms with van der Waals surface area (Å²) in [6, 6.07) is 8.49. The van der Waals surface area contributed by atoms with Gasteiger partial charge in [-0.2, -0.15) is 0 Å². The van der Waals surface area contributed by atoms with Crippen LogP contribution in [0.5, 0.6) is 0 Å². The summed E-state index contributed by atoms with van der Waals surface area (Å²) in [6.07, 6.45) is 0.633. The first-order valence-corrected chi connectivity index (χ1v) is 5.56. The van der Waals surface area contributed by atoms with Crippen molar-refractivity contribution in [2.45, 2.75) is 39.4 Å². The second-order valence-corrected chi connectivity index (χ2v) is 4.17. The van der Waals surface area contributed by atoms with E-state index < -0.39 is 0 Å². The number of rotatable bonds is 3. The van der Waals surface area contributed by atoms with E-state index in [0.717, 1.165) is 13.1 Å². The third-order valence-corrected chi connectivity index (χ3v) is 3.23. The summed E-state index contributed by atoms with van der Waals surface area (Å²) in [5, 5.41) is 0. The zero-order valence-electron chi connectivity index (χ0n) is 9.36. The van der Waals surface area contributed by atoms with Gasteiger partial charge in [-0.1, -0.05) is 31.2 Å². The lowest BCUT2D eigenvalue weighted by Gasteiger charge is -2.21. The average molecular weight is 203 g/mol. The third kappa shape index (κ3) is 1.95. The van der Waals surface area contributed by atoms with Crippen molar-refractivity contribution in [3.63, 3.8) is 0 Å². The van der Waals surface area contributed by atoms with Gasteiger partial charge in [0.1, 0.15) is 5.78 Å². The molecule has 0 amide bonds. The van der Waals surface area contributed by atoms with Gasteiger partial charge < -0.3 is 0 Å². The van der Waals surface area contributed by atoms with Crippen molar-refractivity contribution >= 4 is 5.78 Å². The molecule has 15 heavy (non-hydrogen) atoms. The Kier molecular flexibility index (Phi) is 2.87. The van der Waals surface area contributed by atoms with E-state index in [1.807, 2.05) is 13.8 Å². The zero-order chi connectivity index (χ0) is 10.8. The minimum absolute atomic E-state index is 0.0578. The van der Waals surface area contributed by atoms with Crippen LogP contribution in [0.15, 0.2) is 24.3 Å². The summed E-state index contributed by atoms with van der Waals surface area (Å²) in [5.74, 6) is 0.336. The zero-order valence-corrected chi connectivity index (χ0v) is 9.36. The molecule has 80 valence electrons. The number of ketones is 1. The fourth-order valence-corrected chi connectivity index (χ4v) is 2.13. The molecular weight excluding hydrogens is 186 g/mol. The number of benzene rings is 1. The molecule has 2 heteroatoms. The van der Waals surface area contributed by atoms with Crippen LogP contribution in [-0.2, 0) is 17.9 Å². The predicted octanol–water partition coefficient (Wildman–Crippen LogP) is 2.37. The minimum atomic E-state index is 0.0578. The Bertz CT molecular complexity index is 348. The van der Waals surface area contributed by atoms with Gasteiger partial charge in [0, 0.05) is 19.5 Å². The largest absolute Gasteiger partial charge is 0.298 e. The van der Waals surface area contributed by atoms with E-state index in [-0.39, 0.29) is 6.04 Å². The second kappa shape index (κ2) is 4.15. The second-order valence-electron chi connectivity index (χ2n) is 4.17. The molecule has 0 aromatic heterocycles. The molecule has 2 nitrogen and oxygen atoms in total. The van der Waals surface area contributed by atoms with Gasteiger partial charge in [0.15, 0.2) is 0 Å². The topological polar surface area (TPSA) is 20.3 Å². The number of fused-ring (bicyclic) bond motifs is 1. The predicted molar refractivity (Wildman–Crippen MR) is 60.4 cm³/mol.